The van der Waals surface area contributed by atoms with Gasteiger partial charge >= 0.3 is 0 Å². The average molecular weight is 258 g/mol. The SMILES string of the molecule is CCn1ccnc1CC(O)c1ccc2c(c1)CCO2. The van der Waals surface area contributed by atoms with Gasteiger partial charge in [-0.2, -0.15) is 0 Å². The fraction of sp³-hybridized carbons (Fsp3) is 0.400. The third kappa shape index (κ3) is 2.36. The van der Waals surface area contributed by atoms with Gasteiger partial charge in [0.1, 0.15) is 11.6 Å². The molecular formula is C15H18N2O2. The Morgan fingerprint density at radius 1 is 1.47 bits per heavy atom. The number of imidazole rings is 1. The summed E-state index contributed by atoms with van der Waals surface area (Å²) in [5, 5.41) is 10.3. The van der Waals surface area contributed by atoms with Crippen LogP contribution in [0.5, 0.6) is 5.75 Å². The van der Waals surface area contributed by atoms with E-state index in [1.54, 1.807) is 6.20 Å². The molecule has 0 amide bonds. The van der Waals surface area contributed by atoms with Crippen molar-refractivity contribution in [3.63, 3.8) is 0 Å². The summed E-state index contributed by atoms with van der Waals surface area (Å²) in [6.07, 6.45) is 4.68. The van der Waals surface area contributed by atoms with E-state index in [2.05, 4.69) is 16.5 Å². The maximum Gasteiger partial charge on any atom is 0.122 e. The molecule has 1 atom stereocenters. The number of aryl methyl sites for hydroxylation is 1. The van der Waals surface area contributed by atoms with Crippen LogP contribution in [0.3, 0.4) is 0 Å². The van der Waals surface area contributed by atoms with Crippen molar-refractivity contribution in [3.8, 4) is 5.75 Å². The molecule has 0 saturated heterocycles. The molecule has 1 aromatic heterocycles. The van der Waals surface area contributed by atoms with E-state index in [-0.39, 0.29) is 0 Å². The quantitative estimate of drug-likeness (QED) is 0.913. The van der Waals surface area contributed by atoms with E-state index in [9.17, 15) is 5.11 Å². The molecule has 19 heavy (non-hydrogen) atoms. The molecule has 0 saturated carbocycles. The minimum Gasteiger partial charge on any atom is -0.493 e. The Kier molecular flexibility index (Phi) is 3.25. The highest BCUT2D eigenvalue weighted by molar-refractivity contribution is 5.40. The zero-order chi connectivity index (χ0) is 13.2. The van der Waals surface area contributed by atoms with Crippen LogP contribution in [-0.2, 0) is 19.4 Å². The Morgan fingerprint density at radius 3 is 3.21 bits per heavy atom. The maximum absolute atomic E-state index is 10.3. The van der Waals surface area contributed by atoms with Crippen LogP contribution in [-0.4, -0.2) is 21.3 Å². The van der Waals surface area contributed by atoms with Crippen molar-refractivity contribution in [1.82, 2.24) is 9.55 Å². The highest BCUT2D eigenvalue weighted by Crippen LogP contribution is 2.29. The smallest absolute Gasteiger partial charge is 0.122 e. The van der Waals surface area contributed by atoms with E-state index in [0.29, 0.717) is 6.42 Å². The number of ether oxygens (including phenoxy) is 1. The van der Waals surface area contributed by atoms with Gasteiger partial charge in [0.15, 0.2) is 0 Å². The zero-order valence-electron chi connectivity index (χ0n) is 11.0. The van der Waals surface area contributed by atoms with Gasteiger partial charge in [-0.05, 0) is 30.2 Å². The maximum atomic E-state index is 10.3. The molecule has 0 fully saturated rings. The summed E-state index contributed by atoms with van der Waals surface area (Å²) < 4.78 is 7.53. The fourth-order valence-electron chi connectivity index (χ4n) is 2.52. The summed E-state index contributed by atoms with van der Waals surface area (Å²) in [5.74, 6) is 1.87. The summed E-state index contributed by atoms with van der Waals surface area (Å²) in [7, 11) is 0. The lowest BCUT2D eigenvalue weighted by Gasteiger charge is -2.13. The van der Waals surface area contributed by atoms with Gasteiger partial charge < -0.3 is 14.4 Å². The van der Waals surface area contributed by atoms with Gasteiger partial charge in [0, 0.05) is 31.8 Å². The molecular weight excluding hydrogens is 240 g/mol. The molecule has 4 nitrogen and oxygen atoms in total. The first-order valence-corrected chi connectivity index (χ1v) is 6.71. The summed E-state index contributed by atoms with van der Waals surface area (Å²) >= 11 is 0. The van der Waals surface area contributed by atoms with Gasteiger partial charge in [-0.15, -0.1) is 0 Å². The van der Waals surface area contributed by atoms with Gasteiger partial charge in [-0.3, -0.25) is 0 Å². The second-order valence-electron chi connectivity index (χ2n) is 4.82. The Bertz CT molecular complexity index is 577. The third-order valence-electron chi connectivity index (χ3n) is 3.62. The standard InChI is InChI=1S/C15H18N2O2/c1-2-17-7-6-16-15(17)10-13(18)11-3-4-14-12(9-11)5-8-19-14/h3-4,6-7,9,13,18H,2,5,8,10H2,1H3. The Hall–Kier alpha value is -1.81. The molecule has 2 aromatic rings. The summed E-state index contributed by atoms with van der Waals surface area (Å²) in [4.78, 5) is 4.30. The van der Waals surface area contributed by atoms with Crippen molar-refractivity contribution in [2.45, 2.75) is 32.4 Å². The molecule has 1 aliphatic rings. The fourth-order valence-corrected chi connectivity index (χ4v) is 2.52. The molecule has 1 unspecified atom stereocenters. The molecule has 1 aromatic carbocycles. The number of hydrogen-bond acceptors (Lipinski definition) is 3. The Morgan fingerprint density at radius 2 is 2.37 bits per heavy atom. The summed E-state index contributed by atoms with van der Waals surface area (Å²) in [6, 6.07) is 5.94. The average Bonchev–Trinajstić information content (AvgIpc) is 3.05. The summed E-state index contributed by atoms with van der Waals surface area (Å²) in [5.41, 5.74) is 2.13. The van der Waals surface area contributed by atoms with E-state index < -0.39 is 6.10 Å². The van der Waals surface area contributed by atoms with Gasteiger partial charge in [0.05, 0.1) is 12.7 Å². The first kappa shape index (κ1) is 12.2. The lowest BCUT2D eigenvalue weighted by Crippen LogP contribution is -2.08. The number of aliphatic hydroxyl groups is 1. The van der Waals surface area contributed by atoms with Crippen LogP contribution < -0.4 is 4.74 Å². The minimum atomic E-state index is -0.515. The van der Waals surface area contributed by atoms with E-state index in [1.807, 2.05) is 24.4 Å². The van der Waals surface area contributed by atoms with Crippen molar-refractivity contribution in [2.75, 3.05) is 6.61 Å². The molecule has 0 bridgehead atoms. The van der Waals surface area contributed by atoms with E-state index in [4.69, 9.17) is 4.74 Å². The highest BCUT2D eigenvalue weighted by Gasteiger charge is 2.17. The molecule has 4 heteroatoms. The van der Waals surface area contributed by atoms with Gasteiger partial charge in [0.2, 0.25) is 0 Å². The third-order valence-corrected chi connectivity index (χ3v) is 3.62. The predicted molar refractivity (Wildman–Crippen MR) is 72.2 cm³/mol. The first-order valence-electron chi connectivity index (χ1n) is 6.71. The highest BCUT2D eigenvalue weighted by atomic mass is 16.5. The normalized spacial score (nSPS) is 15.1. The monoisotopic (exact) mass is 258 g/mol. The van der Waals surface area contributed by atoms with Crippen LogP contribution in [0.15, 0.2) is 30.6 Å². The molecule has 1 N–H and O–H groups in total. The molecule has 1 aliphatic heterocycles. The van der Waals surface area contributed by atoms with Crippen LogP contribution >= 0.6 is 0 Å². The second kappa shape index (κ2) is 5.05. The van der Waals surface area contributed by atoms with Gasteiger partial charge in [0.25, 0.3) is 0 Å². The predicted octanol–water partition coefficient (Wildman–Crippen LogP) is 2.11. The number of aromatic nitrogens is 2. The number of rotatable bonds is 4. The van der Waals surface area contributed by atoms with Crippen molar-refractivity contribution >= 4 is 0 Å². The Labute approximate surface area is 112 Å². The van der Waals surface area contributed by atoms with Crippen LogP contribution in [0.2, 0.25) is 0 Å². The first-order chi connectivity index (χ1) is 9.28. The summed E-state index contributed by atoms with van der Waals surface area (Å²) in [6.45, 7) is 3.69. The van der Waals surface area contributed by atoms with E-state index in [1.165, 1.54) is 5.56 Å². The number of nitrogens with zero attached hydrogens (tertiary/aromatic N) is 2. The second-order valence-corrected chi connectivity index (χ2v) is 4.82. The van der Waals surface area contributed by atoms with Crippen LogP contribution in [0.4, 0.5) is 0 Å². The molecule has 100 valence electrons. The van der Waals surface area contributed by atoms with Crippen molar-refractivity contribution in [3.05, 3.63) is 47.5 Å². The lowest BCUT2D eigenvalue weighted by molar-refractivity contribution is 0.174. The number of fused-ring (bicyclic) bond motifs is 1. The molecule has 3 rings (SSSR count). The lowest BCUT2D eigenvalue weighted by atomic mass is 10.0. The molecule has 0 spiro atoms. The van der Waals surface area contributed by atoms with Gasteiger partial charge in [-0.25, -0.2) is 4.98 Å². The minimum absolute atomic E-state index is 0.515. The van der Waals surface area contributed by atoms with Crippen molar-refractivity contribution in [2.24, 2.45) is 0 Å². The number of benzene rings is 1. The van der Waals surface area contributed by atoms with Crippen molar-refractivity contribution < 1.29 is 9.84 Å². The van der Waals surface area contributed by atoms with E-state index in [0.717, 1.165) is 36.7 Å². The number of aliphatic hydroxyl groups excluding tert-OH is 1. The molecule has 0 aliphatic carbocycles. The Balaban J connectivity index is 1.79. The van der Waals surface area contributed by atoms with Crippen LogP contribution in [0.25, 0.3) is 0 Å². The van der Waals surface area contributed by atoms with Crippen LogP contribution in [0.1, 0.15) is 30.0 Å². The van der Waals surface area contributed by atoms with Crippen LogP contribution in [0, 0.1) is 0 Å². The molecule has 2 heterocycles. The van der Waals surface area contributed by atoms with Gasteiger partial charge in [-0.1, -0.05) is 6.07 Å². The number of hydrogen-bond donors (Lipinski definition) is 1. The molecule has 0 radical (unpaired) electrons. The zero-order valence-corrected chi connectivity index (χ0v) is 11.0. The largest absolute Gasteiger partial charge is 0.493 e. The topological polar surface area (TPSA) is 47.3 Å². The van der Waals surface area contributed by atoms with Crippen molar-refractivity contribution in [1.29, 1.82) is 0 Å². The van der Waals surface area contributed by atoms with E-state index >= 15 is 0 Å².